The number of hydrogen-bond donors (Lipinski definition) is 2. The van der Waals surface area contributed by atoms with E-state index in [0.29, 0.717) is 12.6 Å². The lowest BCUT2D eigenvalue weighted by Gasteiger charge is -2.25. The van der Waals surface area contributed by atoms with Gasteiger partial charge in [0.15, 0.2) is 5.96 Å². The van der Waals surface area contributed by atoms with Crippen molar-refractivity contribution in [2.24, 2.45) is 4.99 Å². The molecule has 1 aromatic rings. The summed E-state index contributed by atoms with van der Waals surface area (Å²) in [6.45, 7) is 3.94. The number of hydrogen-bond acceptors (Lipinski definition) is 4. The molecule has 2 heterocycles. The van der Waals surface area contributed by atoms with Gasteiger partial charge in [-0.2, -0.15) is 0 Å². The zero-order valence-electron chi connectivity index (χ0n) is 14.1. The lowest BCUT2D eigenvalue weighted by Crippen LogP contribution is -2.46. The fourth-order valence-corrected chi connectivity index (χ4v) is 2.50. The SMILES string of the molecule is COCCCCCNC(=NCc1ccco1)NC1CCOCC1. The van der Waals surface area contributed by atoms with E-state index in [1.807, 2.05) is 12.1 Å². The molecule has 0 radical (unpaired) electrons. The van der Waals surface area contributed by atoms with Gasteiger partial charge in [-0.15, -0.1) is 0 Å². The van der Waals surface area contributed by atoms with Gasteiger partial charge in [0.1, 0.15) is 12.3 Å². The molecule has 0 unspecified atom stereocenters. The first-order chi connectivity index (χ1) is 11.4. The topological polar surface area (TPSA) is 68.0 Å². The monoisotopic (exact) mass is 323 g/mol. The van der Waals surface area contributed by atoms with E-state index in [1.165, 1.54) is 0 Å². The van der Waals surface area contributed by atoms with Gasteiger partial charge in [0.2, 0.25) is 0 Å². The highest BCUT2D eigenvalue weighted by Gasteiger charge is 2.14. The summed E-state index contributed by atoms with van der Waals surface area (Å²) in [5.74, 6) is 1.73. The highest BCUT2D eigenvalue weighted by atomic mass is 16.5. The number of ether oxygens (including phenoxy) is 2. The third kappa shape index (κ3) is 7.52. The van der Waals surface area contributed by atoms with Crippen LogP contribution in [-0.2, 0) is 16.0 Å². The number of rotatable bonds is 9. The second-order valence-corrected chi connectivity index (χ2v) is 5.76. The molecule has 1 saturated heterocycles. The zero-order valence-corrected chi connectivity index (χ0v) is 14.1. The van der Waals surface area contributed by atoms with Gasteiger partial charge in [-0.3, -0.25) is 0 Å². The van der Waals surface area contributed by atoms with Gasteiger partial charge in [-0.1, -0.05) is 0 Å². The van der Waals surface area contributed by atoms with E-state index in [0.717, 1.165) is 70.2 Å². The molecule has 23 heavy (non-hydrogen) atoms. The highest BCUT2D eigenvalue weighted by molar-refractivity contribution is 5.80. The number of methoxy groups -OCH3 is 1. The minimum atomic E-state index is 0.431. The molecule has 0 bridgehead atoms. The number of furan rings is 1. The van der Waals surface area contributed by atoms with Crippen molar-refractivity contribution >= 4 is 5.96 Å². The number of unbranched alkanes of at least 4 members (excludes halogenated alkanes) is 2. The Bertz CT molecular complexity index is 428. The molecule has 1 aliphatic rings. The van der Waals surface area contributed by atoms with Crippen LogP contribution in [0.25, 0.3) is 0 Å². The predicted octanol–water partition coefficient (Wildman–Crippen LogP) is 2.31. The summed E-state index contributed by atoms with van der Waals surface area (Å²) < 4.78 is 15.8. The minimum absolute atomic E-state index is 0.431. The van der Waals surface area contributed by atoms with Crippen molar-refractivity contribution in [1.82, 2.24) is 10.6 Å². The fourth-order valence-electron chi connectivity index (χ4n) is 2.50. The Hall–Kier alpha value is -1.53. The molecular weight excluding hydrogens is 294 g/mol. The number of nitrogens with one attached hydrogen (secondary N) is 2. The minimum Gasteiger partial charge on any atom is -0.467 e. The van der Waals surface area contributed by atoms with Crippen LogP contribution < -0.4 is 10.6 Å². The Morgan fingerprint density at radius 1 is 1.30 bits per heavy atom. The van der Waals surface area contributed by atoms with Crippen molar-refractivity contribution in [2.45, 2.75) is 44.7 Å². The molecule has 0 aliphatic carbocycles. The first kappa shape index (κ1) is 17.8. The molecule has 130 valence electrons. The average Bonchev–Trinajstić information content (AvgIpc) is 3.10. The Labute approximate surface area is 138 Å². The molecule has 6 nitrogen and oxygen atoms in total. The lowest BCUT2D eigenvalue weighted by atomic mass is 10.1. The lowest BCUT2D eigenvalue weighted by molar-refractivity contribution is 0.0822. The summed E-state index contributed by atoms with van der Waals surface area (Å²) in [5.41, 5.74) is 0. The standard InChI is InChI=1S/C17H29N3O3/c1-21-10-4-2-3-9-18-17(19-14-16-6-5-11-23-16)20-15-7-12-22-13-8-15/h5-6,11,15H,2-4,7-10,12-14H2,1H3,(H2,18,19,20). The van der Waals surface area contributed by atoms with Crippen LogP contribution in [0.5, 0.6) is 0 Å². The maximum Gasteiger partial charge on any atom is 0.191 e. The average molecular weight is 323 g/mol. The normalized spacial score (nSPS) is 16.5. The van der Waals surface area contributed by atoms with Gasteiger partial charge in [-0.25, -0.2) is 4.99 Å². The van der Waals surface area contributed by atoms with Crippen molar-refractivity contribution in [2.75, 3.05) is 33.5 Å². The fraction of sp³-hybridized carbons (Fsp3) is 0.706. The summed E-state index contributed by atoms with van der Waals surface area (Å²) in [6.07, 6.45) is 7.09. The molecular formula is C17H29N3O3. The van der Waals surface area contributed by atoms with Gasteiger partial charge in [0.25, 0.3) is 0 Å². The van der Waals surface area contributed by atoms with E-state index in [9.17, 15) is 0 Å². The van der Waals surface area contributed by atoms with Gasteiger partial charge < -0.3 is 24.5 Å². The largest absolute Gasteiger partial charge is 0.467 e. The number of guanidine groups is 1. The molecule has 0 aromatic carbocycles. The van der Waals surface area contributed by atoms with Gasteiger partial charge in [-0.05, 0) is 44.2 Å². The van der Waals surface area contributed by atoms with Crippen molar-refractivity contribution in [3.8, 4) is 0 Å². The van der Waals surface area contributed by atoms with E-state index in [-0.39, 0.29) is 0 Å². The summed E-state index contributed by atoms with van der Waals surface area (Å²) in [4.78, 5) is 4.63. The van der Waals surface area contributed by atoms with Crippen LogP contribution in [0.3, 0.4) is 0 Å². The Kier molecular flexibility index (Phi) is 8.58. The first-order valence-electron chi connectivity index (χ1n) is 8.52. The van der Waals surface area contributed by atoms with E-state index in [1.54, 1.807) is 13.4 Å². The van der Waals surface area contributed by atoms with Crippen molar-refractivity contribution in [1.29, 1.82) is 0 Å². The van der Waals surface area contributed by atoms with Crippen LogP contribution in [0.1, 0.15) is 37.9 Å². The smallest absolute Gasteiger partial charge is 0.191 e. The van der Waals surface area contributed by atoms with E-state index in [4.69, 9.17) is 13.9 Å². The van der Waals surface area contributed by atoms with Crippen molar-refractivity contribution < 1.29 is 13.9 Å². The van der Waals surface area contributed by atoms with Crippen LogP contribution >= 0.6 is 0 Å². The maximum atomic E-state index is 5.41. The molecule has 0 saturated carbocycles. The molecule has 0 atom stereocenters. The Morgan fingerprint density at radius 2 is 2.17 bits per heavy atom. The summed E-state index contributed by atoms with van der Waals surface area (Å²) >= 11 is 0. The summed E-state index contributed by atoms with van der Waals surface area (Å²) in [6, 6.07) is 4.26. The van der Waals surface area contributed by atoms with Crippen LogP contribution in [0.15, 0.2) is 27.8 Å². The Balaban J connectivity index is 1.76. The predicted molar refractivity (Wildman–Crippen MR) is 90.6 cm³/mol. The summed E-state index contributed by atoms with van der Waals surface area (Å²) in [5, 5.41) is 6.93. The third-order valence-corrected chi connectivity index (χ3v) is 3.85. The molecule has 1 aliphatic heterocycles. The summed E-state index contributed by atoms with van der Waals surface area (Å²) in [7, 11) is 1.75. The Morgan fingerprint density at radius 3 is 2.91 bits per heavy atom. The quantitative estimate of drug-likeness (QED) is 0.415. The van der Waals surface area contributed by atoms with Crippen LogP contribution in [-0.4, -0.2) is 45.5 Å². The molecule has 0 spiro atoms. The van der Waals surface area contributed by atoms with Gasteiger partial charge >= 0.3 is 0 Å². The van der Waals surface area contributed by atoms with E-state index in [2.05, 4.69) is 15.6 Å². The van der Waals surface area contributed by atoms with E-state index < -0.39 is 0 Å². The van der Waals surface area contributed by atoms with Crippen molar-refractivity contribution in [3.05, 3.63) is 24.2 Å². The first-order valence-corrected chi connectivity index (χ1v) is 8.52. The van der Waals surface area contributed by atoms with E-state index >= 15 is 0 Å². The molecule has 1 aromatic heterocycles. The van der Waals surface area contributed by atoms with Gasteiger partial charge in [0.05, 0.1) is 6.26 Å². The highest BCUT2D eigenvalue weighted by Crippen LogP contribution is 2.07. The molecule has 2 N–H and O–H groups in total. The second kappa shape index (κ2) is 11.1. The van der Waals surface area contributed by atoms with Crippen LogP contribution in [0, 0.1) is 0 Å². The van der Waals surface area contributed by atoms with Crippen LogP contribution in [0.2, 0.25) is 0 Å². The number of nitrogens with zero attached hydrogens (tertiary/aromatic N) is 1. The second-order valence-electron chi connectivity index (χ2n) is 5.76. The molecule has 1 fully saturated rings. The van der Waals surface area contributed by atoms with Crippen molar-refractivity contribution in [3.63, 3.8) is 0 Å². The zero-order chi connectivity index (χ0) is 16.2. The number of aliphatic imine (C=N–C) groups is 1. The molecule has 2 rings (SSSR count). The maximum absolute atomic E-state index is 5.41. The third-order valence-electron chi connectivity index (χ3n) is 3.85. The molecule has 6 heteroatoms. The van der Waals surface area contributed by atoms with Gasteiger partial charge in [0, 0.05) is 39.5 Å². The molecule has 0 amide bonds. The van der Waals surface area contributed by atoms with Crippen LogP contribution in [0.4, 0.5) is 0 Å².